The summed E-state index contributed by atoms with van der Waals surface area (Å²) in [7, 11) is -1.70. The predicted octanol–water partition coefficient (Wildman–Crippen LogP) is 1.31. The van der Waals surface area contributed by atoms with Gasteiger partial charge >= 0.3 is 7.12 Å². The fourth-order valence-electron chi connectivity index (χ4n) is 1.68. The van der Waals surface area contributed by atoms with E-state index in [2.05, 4.69) is 0 Å². The van der Waals surface area contributed by atoms with Crippen LogP contribution in [0, 0.1) is 11.6 Å². The van der Waals surface area contributed by atoms with E-state index in [1.54, 1.807) is 18.2 Å². The van der Waals surface area contributed by atoms with E-state index in [9.17, 15) is 18.8 Å². The van der Waals surface area contributed by atoms with Gasteiger partial charge in [0.15, 0.2) is 0 Å². The highest BCUT2D eigenvalue weighted by Gasteiger charge is 2.18. The van der Waals surface area contributed by atoms with E-state index in [0.717, 1.165) is 12.1 Å². The van der Waals surface area contributed by atoms with Gasteiger partial charge in [-0.15, -0.1) is 0 Å². The van der Waals surface area contributed by atoms with Crippen molar-refractivity contribution in [1.29, 1.82) is 0 Å². The standard InChI is InChI=1S/C12H9BF2O2/c14-8-5-6-10(12(15)7-8)9-3-1-2-4-11(9)13(16)17/h1-7,16-17H. The third kappa shape index (κ3) is 2.35. The highest BCUT2D eigenvalue weighted by molar-refractivity contribution is 6.60. The maximum atomic E-state index is 13.6. The SMILES string of the molecule is OB(O)c1ccccc1-c1ccc(F)cc1F. The molecule has 0 atom stereocenters. The largest absolute Gasteiger partial charge is 0.489 e. The van der Waals surface area contributed by atoms with Gasteiger partial charge in [0, 0.05) is 11.6 Å². The molecule has 2 nitrogen and oxygen atoms in total. The Labute approximate surface area is 97.3 Å². The van der Waals surface area contributed by atoms with Gasteiger partial charge in [-0.3, -0.25) is 0 Å². The third-order valence-electron chi connectivity index (χ3n) is 2.46. The summed E-state index contributed by atoms with van der Waals surface area (Å²) in [6.45, 7) is 0. The van der Waals surface area contributed by atoms with E-state index in [4.69, 9.17) is 0 Å². The number of benzene rings is 2. The van der Waals surface area contributed by atoms with Crippen LogP contribution in [-0.4, -0.2) is 17.2 Å². The van der Waals surface area contributed by atoms with E-state index in [1.807, 2.05) is 0 Å². The molecule has 0 aromatic heterocycles. The normalized spacial score (nSPS) is 10.4. The summed E-state index contributed by atoms with van der Waals surface area (Å²) in [6.07, 6.45) is 0. The molecule has 0 saturated heterocycles. The molecule has 0 aliphatic carbocycles. The Balaban J connectivity index is 2.60. The van der Waals surface area contributed by atoms with Crippen LogP contribution in [0.1, 0.15) is 0 Å². The lowest BCUT2D eigenvalue weighted by Crippen LogP contribution is -2.31. The Hall–Kier alpha value is -1.72. The molecule has 2 N–H and O–H groups in total. The zero-order chi connectivity index (χ0) is 12.4. The molecule has 2 rings (SSSR count). The van der Waals surface area contributed by atoms with Crippen molar-refractivity contribution in [3.8, 4) is 11.1 Å². The fraction of sp³-hybridized carbons (Fsp3) is 0. The van der Waals surface area contributed by atoms with Gasteiger partial charge in [-0.2, -0.15) is 0 Å². The smallest absolute Gasteiger partial charge is 0.423 e. The van der Waals surface area contributed by atoms with E-state index < -0.39 is 18.8 Å². The van der Waals surface area contributed by atoms with Gasteiger partial charge in [-0.1, -0.05) is 24.3 Å². The third-order valence-corrected chi connectivity index (χ3v) is 2.46. The van der Waals surface area contributed by atoms with E-state index in [1.165, 1.54) is 12.1 Å². The summed E-state index contributed by atoms with van der Waals surface area (Å²) < 4.78 is 26.4. The monoisotopic (exact) mass is 234 g/mol. The summed E-state index contributed by atoms with van der Waals surface area (Å²) in [6, 6.07) is 9.43. The zero-order valence-corrected chi connectivity index (χ0v) is 8.77. The molecule has 0 bridgehead atoms. The molecule has 0 aliphatic heterocycles. The van der Waals surface area contributed by atoms with E-state index in [-0.39, 0.29) is 11.0 Å². The minimum atomic E-state index is -1.70. The lowest BCUT2D eigenvalue weighted by Gasteiger charge is -2.09. The van der Waals surface area contributed by atoms with Gasteiger partial charge in [0.25, 0.3) is 0 Å². The molecule has 0 aliphatic rings. The zero-order valence-electron chi connectivity index (χ0n) is 8.77. The maximum Gasteiger partial charge on any atom is 0.489 e. The molecule has 2 aromatic rings. The lowest BCUT2D eigenvalue weighted by molar-refractivity contribution is 0.426. The summed E-state index contributed by atoms with van der Waals surface area (Å²) in [5.41, 5.74) is 0.646. The second-order valence-electron chi connectivity index (χ2n) is 3.59. The van der Waals surface area contributed by atoms with Crippen molar-refractivity contribution in [2.24, 2.45) is 0 Å². The van der Waals surface area contributed by atoms with Crippen molar-refractivity contribution in [3.05, 3.63) is 54.1 Å². The molecule has 0 saturated carbocycles. The van der Waals surface area contributed by atoms with Crippen molar-refractivity contribution >= 4 is 12.6 Å². The van der Waals surface area contributed by atoms with Crippen molar-refractivity contribution < 1.29 is 18.8 Å². The van der Waals surface area contributed by atoms with Crippen LogP contribution < -0.4 is 5.46 Å². The van der Waals surface area contributed by atoms with Crippen molar-refractivity contribution in [2.75, 3.05) is 0 Å². The first-order valence-corrected chi connectivity index (χ1v) is 5.00. The Kier molecular flexibility index (Phi) is 3.22. The molecule has 0 unspecified atom stereocenters. The van der Waals surface area contributed by atoms with Crippen LogP contribution in [0.3, 0.4) is 0 Å². The summed E-state index contributed by atoms with van der Waals surface area (Å²) in [5.74, 6) is -1.41. The average molecular weight is 234 g/mol. The molecule has 0 amide bonds. The first-order chi connectivity index (χ1) is 8.09. The Morgan fingerprint density at radius 3 is 2.24 bits per heavy atom. The highest BCUT2D eigenvalue weighted by atomic mass is 19.1. The molecule has 5 heteroatoms. The van der Waals surface area contributed by atoms with Crippen LogP contribution in [0.15, 0.2) is 42.5 Å². The number of hydrogen-bond acceptors (Lipinski definition) is 2. The molecule has 0 heterocycles. The van der Waals surface area contributed by atoms with Crippen LogP contribution in [0.5, 0.6) is 0 Å². The van der Waals surface area contributed by atoms with Gasteiger partial charge in [-0.05, 0) is 23.2 Å². The van der Waals surface area contributed by atoms with Crippen molar-refractivity contribution in [2.45, 2.75) is 0 Å². The molecule has 2 aromatic carbocycles. The maximum absolute atomic E-state index is 13.6. The lowest BCUT2D eigenvalue weighted by atomic mass is 9.75. The Morgan fingerprint density at radius 2 is 1.59 bits per heavy atom. The van der Waals surface area contributed by atoms with Crippen LogP contribution >= 0.6 is 0 Å². The predicted molar refractivity (Wildman–Crippen MR) is 61.6 cm³/mol. The molecule has 0 radical (unpaired) electrons. The molecule has 17 heavy (non-hydrogen) atoms. The van der Waals surface area contributed by atoms with Crippen molar-refractivity contribution in [1.82, 2.24) is 0 Å². The van der Waals surface area contributed by atoms with E-state index >= 15 is 0 Å². The van der Waals surface area contributed by atoms with Gasteiger partial charge in [0.2, 0.25) is 0 Å². The quantitative estimate of drug-likeness (QED) is 0.769. The minimum Gasteiger partial charge on any atom is -0.423 e. The summed E-state index contributed by atoms with van der Waals surface area (Å²) >= 11 is 0. The van der Waals surface area contributed by atoms with Crippen LogP contribution in [0.25, 0.3) is 11.1 Å². The van der Waals surface area contributed by atoms with Crippen LogP contribution in [-0.2, 0) is 0 Å². The molecule has 0 fully saturated rings. The van der Waals surface area contributed by atoms with Gasteiger partial charge in [0.05, 0.1) is 0 Å². The number of hydrogen-bond donors (Lipinski definition) is 2. The molecular formula is C12H9BF2O2. The van der Waals surface area contributed by atoms with Gasteiger partial charge in [0.1, 0.15) is 11.6 Å². The second-order valence-corrected chi connectivity index (χ2v) is 3.59. The van der Waals surface area contributed by atoms with Crippen LogP contribution in [0.4, 0.5) is 8.78 Å². The van der Waals surface area contributed by atoms with E-state index in [0.29, 0.717) is 5.56 Å². The Bertz CT molecular complexity index is 544. The molecular weight excluding hydrogens is 225 g/mol. The Morgan fingerprint density at radius 1 is 0.882 bits per heavy atom. The van der Waals surface area contributed by atoms with Crippen LogP contribution in [0.2, 0.25) is 0 Å². The summed E-state index contributed by atoms with van der Waals surface area (Å²) in [5, 5.41) is 18.3. The van der Waals surface area contributed by atoms with Crippen molar-refractivity contribution in [3.63, 3.8) is 0 Å². The minimum absolute atomic E-state index is 0.134. The topological polar surface area (TPSA) is 40.5 Å². The van der Waals surface area contributed by atoms with Gasteiger partial charge in [-0.25, -0.2) is 8.78 Å². The van der Waals surface area contributed by atoms with Gasteiger partial charge < -0.3 is 10.0 Å². The average Bonchev–Trinajstić information content (AvgIpc) is 2.29. The summed E-state index contributed by atoms with van der Waals surface area (Å²) in [4.78, 5) is 0. The highest BCUT2D eigenvalue weighted by Crippen LogP contribution is 2.21. The number of halogens is 2. The first-order valence-electron chi connectivity index (χ1n) is 5.00. The first kappa shape index (κ1) is 11.8. The molecule has 0 spiro atoms. The fourth-order valence-corrected chi connectivity index (χ4v) is 1.68. The molecule has 86 valence electrons. The second kappa shape index (κ2) is 4.65. The number of rotatable bonds is 2.